The first-order chi connectivity index (χ1) is 34.5. The first-order valence-corrected chi connectivity index (χ1v) is 24.6. The maximum atomic E-state index is 2.52. The highest BCUT2D eigenvalue weighted by atomic mass is 15.1. The Bertz CT molecular complexity index is 4230. The van der Waals surface area contributed by atoms with E-state index in [9.17, 15) is 0 Å². The van der Waals surface area contributed by atoms with Gasteiger partial charge in [-0.05, 0) is 190 Å². The van der Waals surface area contributed by atoms with Crippen LogP contribution < -0.4 is 9.80 Å². The van der Waals surface area contributed by atoms with Crippen molar-refractivity contribution in [2.45, 2.75) is 27.2 Å². The van der Waals surface area contributed by atoms with Crippen LogP contribution in [0.2, 0.25) is 0 Å². The summed E-state index contributed by atoms with van der Waals surface area (Å²) in [4.78, 5) is 5.00. The highest BCUT2D eigenvalue weighted by Crippen LogP contribution is 2.50. The summed E-state index contributed by atoms with van der Waals surface area (Å²) in [5.41, 5.74) is 13.1. The summed E-state index contributed by atoms with van der Waals surface area (Å²) < 4.78 is 0. The SMILES string of the molecule is CCc1c(N(c2ccc(C)cc2)c2cc3ccc4cccc5ccc(c2)c3c45)cc2ccccc2c1-c1cc(N(c2ccc(C)cc2)c2cc3ccc4cccc5ccc(c2)c3c45)cc2ccccc12. The first-order valence-electron chi connectivity index (χ1n) is 24.6. The quantitative estimate of drug-likeness (QED) is 0.140. The summed E-state index contributed by atoms with van der Waals surface area (Å²) in [6.07, 6.45) is 0.822. The molecule has 0 aliphatic rings. The van der Waals surface area contributed by atoms with Crippen molar-refractivity contribution >= 4 is 120 Å². The van der Waals surface area contributed by atoms with Gasteiger partial charge in [0.2, 0.25) is 0 Å². The summed E-state index contributed by atoms with van der Waals surface area (Å²) in [6.45, 7) is 6.68. The van der Waals surface area contributed by atoms with E-state index < -0.39 is 0 Å². The van der Waals surface area contributed by atoms with Crippen molar-refractivity contribution in [2.75, 3.05) is 9.80 Å². The molecule has 330 valence electrons. The smallest absolute Gasteiger partial charge is 0.0506 e. The monoisotopic (exact) mass is 892 g/mol. The molecule has 0 saturated carbocycles. The summed E-state index contributed by atoms with van der Waals surface area (Å²) in [5, 5.41) is 20.3. The zero-order valence-electron chi connectivity index (χ0n) is 39.5. The number of nitrogens with zero attached hydrogens (tertiary/aromatic N) is 2. The van der Waals surface area contributed by atoms with Gasteiger partial charge in [-0.3, -0.25) is 0 Å². The fourth-order valence-corrected chi connectivity index (χ4v) is 11.9. The van der Waals surface area contributed by atoms with Crippen LogP contribution in [0.3, 0.4) is 0 Å². The van der Waals surface area contributed by atoms with Gasteiger partial charge in [-0.2, -0.15) is 0 Å². The van der Waals surface area contributed by atoms with Crippen LogP contribution in [-0.2, 0) is 6.42 Å². The summed E-state index contributed by atoms with van der Waals surface area (Å²) in [7, 11) is 0. The van der Waals surface area contributed by atoms with Gasteiger partial charge in [0.1, 0.15) is 0 Å². The normalized spacial score (nSPS) is 12.0. The van der Waals surface area contributed by atoms with E-state index in [-0.39, 0.29) is 0 Å². The average molecular weight is 893 g/mol. The Balaban J connectivity index is 1.04. The lowest BCUT2D eigenvalue weighted by Crippen LogP contribution is -2.13. The van der Waals surface area contributed by atoms with Gasteiger partial charge in [0.05, 0.1) is 5.69 Å². The standard InChI is InChI=1S/C68H48N2/c1-4-59-63(70(55-33-21-43(3)22-34-55)57-38-52-29-25-46-15-10-16-47-26-30-53(39-57)67(52)65(46)47)40-49-12-6-8-18-61(49)68(59)62-41-58(35-48-11-5-7-17-60(48)62)69(54-31-19-42(2)20-32-54)56-36-50-27-23-44-13-9-14-45-24-28-51(37-56)66(50)64(44)45/h5-41H,4H2,1-3H3. The largest absolute Gasteiger partial charge is 0.310 e. The summed E-state index contributed by atoms with van der Waals surface area (Å²) >= 11 is 0. The van der Waals surface area contributed by atoms with E-state index in [1.807, 2.05) is 0 Å². The molecule has 14 rings (SSSR count). The van der Waals surface area contributed by atoms with Crippen molar-refractivity contribution in [2.24, 2.45) is 0 Å². The van der Waals surface area contributed by atoms with Crippen LogP contribution in [0.1, 0.15) is 23.6 Å². The van der Waals surface area contributed by atoms with Gasteiger partial charge in [-0.1, -0.05) is 176 Å². The van der Waals surface area contributed by atoms with E-state index in [0.29, 0.717) is 0 Å². The van der Waals surface area contributed by atoms with E-state index >= 15 is 0 Å². The van der Waals surface area contributed by atoms with Crippen LogP contribution in [0.5, 0.6) is 0 Å². The Hall–Kier alpha value is -8.72. The fraction of sp³-hybridized carbons (Fsp3) is 0.0588. The van der Waals surface area contributed by atoms with E-state index in [1.165, 1.54) is 120 Å². The second kappa shape index (κ2) is 15.7. The molecule has 0 aliphatic carbocycles. The van der Waals surface area contributed by atoms with Crippen molar-refractivity contribution in [3.63, 3.8) is 0 Å². The third kappa shape index (κ3) is 6.26. The minimum atomic E-state index is 0.822. The Labute approximate surface area is 407 Å². The fourth-order valence-electron chi connectivity index (χ4n) is 11.9. The van der Waals surface area contributed by atoms with Crippen LogP contribution in [0.4, 0.5) is 34.1 Å². The highest BCUT2D eigenvalue weighted by molar-refractivity contribution is 6.25. The Kier molecular flexibility index (Phi) is 9.03. The van der Waals surface area contributed by atoms with Crippen molar-refractivity contribution in [3.05, 3.63) is 241 Å². The van der Waals surface area contributed by atoms with Crippen LogP contribution in [0.25, 0.3) is 97.3 Å². The molecular weight excluding hydrogens is 845 g/mol. The summed E-state index contributed by atoms with van der Waals surface area (Å²) in [6, 6.07) is 84.6. The molecular formula is C68H48N2. The molecule has 0 radical (unpaired) electrons. The third-order valence-corrected chi connectivity index (χ3v) is 15.1. The zero-order valence-corrected chi connectivity index (χ0v) is 39.5. The van der Waals surface area contributed by atoms with E-state index in [4.69, 9.17) is 0 Å². The van der Waals surface area contributed by atoms with Crippen LogP contribution in [0, 0.1) is 13.8 Å². The Morgan fingerprint density at radius 1 is 0.300 bits per heavy atom. The van der Waals surface area contributed by atoms with Gasteiger partial charge in [0.15, 0.2) is 0 Å². The number of aryl methyl sites for hydroxylation is 2. The molecule has 0 amide bonds. The molecule has 0 heterocycles. The second-order valence-corrected chi connectivity index (χ2v) is 19.3. The van der Waals surface area contributed by atoms with Gasteiger partial charge in [-0.15, -0.1) is 0 Å². The second-order valence-electron chi connectivity index (χ2n) is 19.3. The van der Waals surface area contributed by atoms with Crippen LogP contribution >= 0.6 is 0 Å². The molecule has 0 aliphatic heterocycles. The number of rotatable bonds is 8. The molecule has 0 aromatic heterocycles. The maximum absolute atomic E-state index is 2.52. The number of benzene rings is 14. The minimum absolute atomic E-state index is 0.822. The maximum Gasteiger partial charge on any atom is 0.0506 e. The lowest BCUT2D eigenvalue weighted by atomic mass is 9.87. The van der Waals surface area contributed by atoms with Gasteiger partial charge >= 0.3 is 0 Å². The molecule has 70 heavy (non-hydrogen) atoms. The summed E-state index contributed by atoms with van der Waals surface area (Å²) in [5.74, 6) is 0. The van der Waals surface area contributed by atoms with Crippen LogP contribution in [0.15, 0.2) is 224 Å². The van der Waals surface area contributed by atoms with Crippen molar-refractivity contribution in [1.82, 2.24) is 0 Å². The Morgan fingerprint density at radius 3 is 1.17 bits per heavy atom. The topological polar surface area (TPSA) is 6.48 Å². The van der Waals surface area contributed by atoms with E-state index in [2.05, 4.69) is 255 Å². The van der Waals surface area contributed by atoms with Crippen LogP contribution in [-0.4, -0.2) is 0 Å². The van der Waals surface area contributed by atoms with E-state index in [1.54, 1.807) is 0 Å². The molecule has 14 aromatic rings. The number of fused-ring (bicyclic) bond motifs is 2. The van der Waals surface area contributed by atoms with Gasteiger partial charge in [0, 0.05) is 28.4 Å². The van der Waals surface area contributed by atoms with Gasteiger partial charge in [0.25, 0.3) is 0 Å². The molecule has 14 aromatic carbocycles. The Morgan fingerprint density at radius 2 is 0.671 bits per heavy atom. The molecule has 2 nitrogen and oxygen atoms in total. The first kappa shape index (κ1) is 40.4. The molecule has 2 heteroatoms. The van der Waals surface area contributed by atoms with Crippen molar-refractivity contribution in [3.8, 4) is 11.1 Å². The number of hydrogen-bond acceptors (Lipinski definition) is 2. The average Bonchev–Trinajstić information content (AvgIpc) is 3.40. The molecule has 0 N–H and O–H groups in total. The van der Waals surface area contributed by atoms with Crippen molar-refractivity contribution in [1.29, 1.82) is 0 Å². The minimum Gasteiger partial charge on any atom is -0.310 e. The van der Waals surface area contributed by atoms with Gasteiger partial charge in [-0.25, -0.2) is 0 Å². The third-order valence-electron chi connectivity index (χ3n) is 15.1. The van der Waals surface area contributed by atoms with Crippen molar-refractivity contribution < 1.29 is 0 Å². The zero-order chi connectivity index (χ0) is 46.6. The molecule has 0 fully saturated rings. The molecule has 0 unspecified atom stereocenters. The number of anilines is 6. The predicted octanol–water partition coefficient (Wildman–Crippen LogP) is 19.6. The highest BCUT2D eigenvalue weighted by Gasteiger charge is 2.25. The molecule has 0 saturated heterocycles. The predicted molar refractivity (Wildman–Crippen MR) is 303 cm³/mol. The molecule has 0 atom stereocenters. The van der Waals surface area contributed by atoms with Gasteiger partial charge < -0.3 is 9.80 Å². The lowest BCUT2D eigenvalue weighted by molar-refractivity contribution is 1.12. The van der Waals surface area contributed by atoms with E-state index in [0.717, 1.165) is 34.9 Å². The number of hydrogen-bond donors (Lipinski definition) is 0. The molecule has 0 spiro atoms. The lowest BCUT2D eigenvalue weighted by Gasteiger charge is -2.31. The molecule has 0 bridgehead atoms.